The van der Waals surface area contributed by atoms with E-state index in [1.165, 1.54) is 23.1 Å². The van der Waals surface area contributed by atoms with Gasteiger partial charge >= 0.3 is 0 Å². The number of amides is 2. The first kappa shape index (κ1) is 30.5. The minimum Gasteiger partial charge on any atom is -0.396 e. The fourth-order valence-electron chi connectivity index (χ4n) is 4.95. The molecule has 1 fully saturated rings. The van der Waals surface area contributed by atoms with Crippen LogP contribution in [-0.2, 0) is 32.9 Å². The number of benzene rings is 1. The monoisotopic (exact) mass is 573 g/mol. The molecule has 0 radical (unpaired) electrons. The lowest BCUT2D eigenvalue weighted by Crippen LogP contribution is -2.60. The molecule has 0 unspecified atom stereocenters. The Hall–Kier alpha value is -3.50. The molecule has 2 amide bonds. The van der Waals surface area contributed by atoms with Gasteiger partial charge in [-0.05, 0) is 24.6 Å². The Kier molecular flexibility index (Phi) is 9.34. The smallest absolute Gasteiger partial charge is 0.264 e. The summed E-state index contributed by atoms with van der Waals surface area (Å²) in [5.41, 5.74) is -0.476. The summed E-state index contributed by atoms with van der Waals surface area (Å²) in [7, 11) is 0. The van der Waals surface area contributed by atoms with E-state index in [2.05, 4.69) is 22.2 Å². The lowest BCUT2D eigenvalue weighted by molar-refractivity contribution is -0.274. The highest BCUT2D eigenvalue weighted by atomic mass is 16.6. The molecule has 7 N–H and O–H groups in total. The molecule has 4 rings (SSSR count). The number of carbonyl (C=O) groups excluding carboxylic acids is 2. The molecule has 1 saturated heterocycles. The number of aromatic nitrogens is 3. The van der Waals surface area contributed by atoms with E-state index in [9.17, 15) is 35.1 Å². The van der Waals surface area contributed by atoms with Gasteiger partial charge in [0.2, 0.25) is 0 Å². The molecule has 2 aliphatic rings. The van der Waals surface area contributed by atoms with Crippen molar-refractivity contribution in [3.63, 3.8) is 0 Å². The molecule has 41 heavy (non-hydrogen) atoms. The molecule has 14 nitrogen and oxygen atoms in total. The van der Waals surface area contributed by atoms with Crippen LogP contribution in [0.15, 0.2) is 49.2 Å². The van der Waals surface area contributed by atoms with Crippen LogP contribution >= 0.6 is 0 Å². The fraction of sp³-hybridized carbons (Fsp3) is 0.481. The van der Waals surface area contributed by atoms with Gasteiger partial charge in [0.15, 0.2) is 18.0 Å². The van der Waals surface area contributed by atoms with Crippen molar-refractivity contribution in [3.8, 4) is 0 Å². The highest BCUT2D eigenvalue weighted by molar-refractivity contribution is 6.08. The van der Waals surface area contributed by atoms with Crippen molar-refractivity contribution in [2.45, 2.75) is 62.6 Å². The number of fused-ring (bicyclic) bond motifs is 1. The summed E-state index contributed by atoms with van der Waals surface area (Å²) >= 11 is 0. The number of ether oxygens (including phenoxy) is 1. The second-order valence-electron chi connectivity index (χ2n) is 10.1. The van der Waals surface area contributed by atoms with Gasteiger partial charge in [0, 0.05) is 49.5 Å². The Bertz CT molecular complexity index is 1300. The van der Waals surface area contributed by atoms with Crippen molar-refractivity contribution in [2.75, 3.05) is 23.4 Å². The molecule has 14 heteroatoms. The van der Waals surface area contributed by atoms with Gasteiger partial charge in [-0.2, -0.15) is 0 Å². The summed E-state index contributed by atoms with van der Waals surface area (Å²) in [5, 5.41) is 70.8. The molecule has 0 spiro atoms. The Labute approximate surface area is 235 Å². The third kappa shape index (κ3) is 5.94. The number of nitrogens with zero attached hydrogens (tertiary/aromatic N) is 4. The second kappa shape index (κ2) is 12.6. The van der Waals surface area contributed by atoms with E-state index in [-0.39, 0.29) is 24.4 Å². The number of nitrogens with one attached hydrogen (secondary N) is 1. The average molecular weight is 574 g/mol. The van der Waals surface area contributed by atoms with Crippen LogP contribution in [0.25, 0.3) is 0 Å². The van der Waals surface area contributed by atoms with Crippen molar-refractivity contribution in [2.24, 2.45) is 5.92 Å². The number of anilines is 2. The number of aliphatic hydroxyl groups excluding tert-OH is 5. The summed E-state index contributed by atoms with van der Waals surface area (Å²) in [6.45, 7) is 5.99. The van der Waals surface area contributed by atoms with Crippen LogP contribution in [0.5, 0.6) is 0 Å². The van der Waals surface area contributed by atoms with E-state index in [4.69, 9.17) is 9.84 Å². The maximum absolute atomic E-state index is 13.5. The molecule has 3 heterocycles. The van der Waals surface area contributed by atoms with Gasteiger partial charge < -0.3 is 45.6 Å². The van der Waals surface area contributed by atoms with Gasteiger partial charge in [-0.1, -0.05) is 30.4 Å². The molecule has 0 saturated carbocycles. The zero-order valence-corrected chi connectivity index (χ0v) is 22.4. The minimum absolute atomic E-state index is 0.0227. The number of rotatable bonds is 11. The van der Waals surface area contributed by atoms with Crippen LogP contribution in [-0.4, -0.2) is 101 Å². The minimum atomic E-state index is -1.98. The summed E-state index contributed by atoms with van der Waals surface area (Å²) in [4.78, 5) is 27.7. The Morgan fingerprint density at radius 3 is 2.71 bits per heavy atom. The standard InChI is InChI=1S/C27H35N5O9/c1-3-10-32-19-8-7-16(28-24(37)23-21(35)20(34)22(36)25(38)41-23)13-18(19)27(40,26(32)39)15(2)6-4-5-11-31-14-17(9-12-33)29-30-31/h3-4,6-8,13-15,20-23,25,33-36,38,40H,1,5,9-12H2,2H3,(H,28,37)/b6-4+/t15-,20-,21-,22+,23-,25+,27+/m0/s1. The number of hydrogen-bond donors (Lipinski definition) is 7. The van der Waals surface area contributed by atoms with E-state index in [0.29, 0.717) is 30.8 Å². The second-order valence-corrected chi connectivity index (χ2v) is 10.1. The van der Waals surface area contributed by atoms with Crippen LogP contribution < -0.4 is 10.2 Å². The zero-order valence-electron chi connectivity index (χ0n) is 22.4. The normalized spacial score (nSPS) is 28.6. The molecule has 0 bridgehead atoms. The molecule has 1 aromatic heterocycles. The van der Waals surface area contributed by atoms with Crippen molar-refractivity contribution in [1.82, 2.24) is 15.0 Å². The van der Waals surface area contributed by atoms with Gasteiger partial charge in [0.25, 0.3) is 11.8 Å². The first-order valence-corrected chi connectivity index (χ1v) is 13.2. The topological polar surface area (TPSA) is 211 Å². The van der Waals surface area contributed by atoms with Crippen LogP contribution in [0.2, 0.25) is 0 Å². The number of carbonyl (C=O) groups is 2. The van der Waals surface area contributed by atoms with Gasteiger partial charge in [-0.3, -0.25) is 14.3 Å². The van der Waals surface area contributed by atoms with Crippen molar-refractivity contribution >= 4 is 23.2 Å². The van der Waals surface area contributed by atoms with Crippen LogP contribution in [0, 0.1) is 5.92 Å². The summed E-state index contributed by atoms with van der Waals surface area (Å²) in [6.07, 6.45) is -1.26. The van der Waals surface area contributed by atoms with E-state index < -0.39 is 54.0 Å². The Balaban J connectivity index is 1.53. The van der Waals surface area contributed by atoms with Crippen molar-refractivity contribution in [1.29, 1.82) is 0 Å². The lowest BCUT2D eigenvalue weighted by atomic mass is 9.82. The predicted octanol–water partition coefficient (Wildman–Crippen LogP) is -1.45. The SMILES string of the molecule is C=CCN1C(=O)[C@@](O)([C@@H](C)/C=C/CCn2cc(CCO)nn2)c2cc(NC(=O)[C@H]3O[C@@H](O)[C@H](O)[C@@H](O)[C@@H]3O)ccc21. The lowest BCUT2D eigenvalue weighted by Gasteiger charge is -2.37. The third-order valence-corrected chi connectivity index (χ3v) is 7.26. The van der Waals surface area contributed by atoms with Crippen molar-refractivity contribution in [3.05, 3.63) is 60.5 Å². The number of allylic oxidation sites excluding steroid dienone is 1. The Morgan fingerprint density at radius 1 is 1.24 bits per heavy atom. The van der Waals surface area contributed by atoms with Crippen LogP contribution in [0.4, 0.5) is 11.4 Å². The fourth-order valence-corrected chi connectivity index (χ4v) is 4.95. The van der Waals surface area contributed by atoms with Crippen LogP contribution in [0.3, 0.4) is 0 Å². The van der Waals surface area contributed by atoms with Gasteiger partial charge in [0.05, 0.1) is 11.4 Å². The first-order valence-electron chi connectivity index (χ1n) is 13.2. The van der Waals surface area contributed by atoms with Gasteiger partial charge in [-0.15, -0.1) is 11.7 Å². The highest BCUT2D eigenvalue weighted by Crippen LogP contribution is 2.46. The zero-order chi connectivity index (χ0) is 29.9. The van der Waals surface area contributed by atoms with Gasteiger partial charge in [0.1, 0.15) is 18.3 Å². The molecule has 7 atom stereocenters. The molecule has 222 valence electrons. The molecular formula is C27H35N5O9. The maximum Gasteiger partial charge on any atom is 0.264 e. The molecule has 0 aliphatic carbocycles. The summed E-state index contributed by atoms with van der Waals surface area (Å²) in [5.74, 6) is -2.17. The third-order valence-electron chi connectivity index (χ3n) is 7.26. The van der Waals surface area contributed by atoms with Gasteiger partial charge in [-0.25, -0.2) is 0 Å². The Morgan fingerprint density at radius 2 is 2.00 bits per heavy atom. The molecule has 1 aromatic carbocycles. The average Bonchev–Trinajstić information content (AvgIpc) is 3.48. The van der Waals surface area contributed by atoms with Crippen LogP contribution in [0.1, 0.15) is 24.6 Å². The molecule has 2 aromatic rings. The highest BCUT2D eigenvalue weighted by Gasteiger charge is 2.52. The number of hydrogen-bond acceptors (Lipinski definition) is 11. The quantitative estimate of drug-likeness (QED) is 0.155. The number of aryl methyl sites for hydroxylation is 1. The summed E-state index contributed by atoms with van der Waals surface area (Å²) in [6, 6.07) is 4.49. The molecular weight excluding hydrogens is 538 g/mol. The predicted molar refractivity (Wildman–Crippen MR) is 144 cm³/mol. The summed E-state index contributed by atoms with van der Waals surface area (Å²) < 4.78 is 6.62. The maximum atomic E-state index is 13.5. The van der Waals surface area contributed by atoms with Crippen molar-refractivity contribution < 1.29 is 45.0 Å². The van der Waals surface area contributed by atoms with E-state index in [1.807, 2.05) is 6.08 Å². The molecule has 2 aliphatic heterocycles. The first-order chi connectivity index (χ1) is 19.5. The largest absolute Gasteiger partial charge is 0.396 e. The van der Waals surface area contributed by atoms with E-state index >= 15 is 0 Å². The van der Waals surface area contributed by atoms with E-state index in [1.54, 1.807) is 29.9 Å². The number of aliphatic hydroxyl groups is 6. The van der Waals surface area contributed by atoms with E-state index in [0.717, 1.165) is 0 Å².